The third kappa shape index (κ3) is 3.54. The molecule has 4 atom stereocenters. The lowest BCUT2D eigenvalue weighted by Crippen LogP contribution is -2.65. The molecule has 39 heavy (non-hydrogen) atoms. The Hall–Kier alpha value is -3.21. The van der Waals surface area contributed by atoms with E-state index in [0.717, 1.165) is 12.5 Å². The number of fused-ring (bicyclic) bond motifs is 4. The monoisotopic (exact) mass is 540 g/mol. The molecule has 210 valence electrons. The number of carbonyl (C=O) groups is 3. The van der Waals surface area contributed by atoms with Crippen molar-refractivity contribution in [3.05, 3.63) is 39.2 Å². The van der Waals surface area contributed by atoms with Gasteiger partial charge in [0.2, 0.25) is 5.78 Å². The molecule has 1 saturated carbocycles. The van der Waals surface area contributed by atoms with Crippen molar-refractivity contribution in [2.24, 2.45) is 11.8 Å². The summed E-state index contributed by atoms with van der Waals surface area (Å²) in [6.45, 7) is 8.24. The summed E-state index contributed by atoms with van der Waals surface area (Å²) in [7, 11) is 4.75. The second-order valence-electron chi connectivity index (χ2n) is 12.4. The molecule has 0 amide bonds. The Kier molecular flexibility index (Phi) is 6.06. The first-order chi connectivity index (χ1) is 18.1. The molecule has 1 heterocycles. The van der Waals surface area contributed by atoms with E-state index in [1.807, 2.05) is 0 Å². The number of hydrogen-bond acceptors (Lipinski definition) is 10. The fourth-order valence-corrected chi connectivity index (χ4v) is 7.05. The van der Waals surface area contributed by atoms with Gasteiger partial charge in [0.05, 0.1) is 18.7 Å². The Morgan fingerprint density at radius 3 is 2.23 bits per heavy atom. The predicted octanol–water partition coefficient (Wildman–Crippen LogP) is 2.19. The van der Waals surface area contributed by atoms with Crippen LogP contribution >= 0.6 is 0 Å². The lowest BCUT2D eigenvalue weighted by Gasteiger charge is -2.50. The summed E-state index contributed by atoms with van der Waals surface area (Å²) in [6, 6.07) is -1.05. The van der Waals surface area contributed by atoms with Gasteiger partial charge in [0.15, 0.2) is 17.2 Å². The molecule has 0 aromatic heterocycles. The predicted molar refractivity (Wildman–Crippen MR) is 141 cm³/mol. The SMILES string of the molecule is COc1c2c(c(O)c3c1C[C@H]1C[C@H]4[C@H](N(C)C)C(=O)C(C(C)=O)=C(O)[C@@]4(O)C(=O)C1=C3O)CN(C(C)(C)C)C2. The van der Waals surface area contributed by atoms with Gasteiger partial charge in [0.25, 0.3) is 0 Å². The zero-order chi connectivity index (χ0) is 28.9. The van der Waals surface area contributed by atoms with Crippen molar-refractivity contribution in [3.8, 4) is 11.5 Å². The summed E-state index contributed by atoms with van der Waals surface area (Å²) < 4.78 is 5.83. The van der Waals surface area contributed by atoms with Crippen LogP contribution in [0.25, 0.3) is 5.76 Å². The second-order valence-corrected chi connectivity index (χ2v) is 12.4. The summed E-state index contributed by atoms with van der Waals surface area (Å²) in [4.78, 5) is 43.4. The number of ether oxygens (including phenoxy) is 1. The molecule has 1 aromatic carbocycles. The summed E-state index contributed by atoms with van der Waals surface area (Å²) in [5.74, 6) is -5.16. The minimum atomic E-state index is -2.58. The van der Waals surface area contributed by atoms with Crippen LogP contribution in [-0.2, 0) is 33.9 Å². The Bertz CT molecular complexity index is 1400. The Labute approximate surface area is 227 Å². The van der Waals surface area contributed by atoms with Crippen molar-refractivity contribution in [2.75, 3.05) is 21.2 Å². The molecule has 3 aliphatic carbocycles. The number of aromatic hydroxyl groups is 1. The molecule has 1 aromatic rings. The molecule has 0 spiro atoms. The smallest absolute Gasteiger partial charge is 0.202 e. The molecule has 0 radical (unpaired) electrons. The van der Waals surface area contributed by atoms with E-state index in [2.05, 4.69) is 25.7 Å². The number of aliphatic hydroxyl groups excluding tert-OH is 2. The molecule has 1 fully saturated rings. The van der Waals surface area contributed by atoms with Crippen LogP contribution in [0.2, 0.25) is 0 Å². The fourth-order valence-electron chi connectivity index (χ4n) is 7.05. The lowest BCUT2D eigenvalue weighted by atomic mass is 9.57. The van der Waals surface area contributed by atoms with E-state index < -0.39 is 57.9 Å². The van der Waals surface area contributed by atoms with Gasteiger partial charge in [-0.25, -0.2) is 0 Å². The Morgan fingerprint density at radius 2 is 1.69 bits per heavy atom. The fraction of sp³-hybridized carbons (Fsp3) is 0.552. The number of benzene rings is 1. The summed E-state index contributed by atoms with van der Waals surface area (Å²) in [5, 5.41) is 45.8. The molecule has 10 nitrogen and oxygen atoms in total. The number of carbonyl (C=O) groups excluding carboxylic acids is 3. The highest BCUT2D eigenvalue weighted by Gasteiger charge is 2.64. The van der Waals surface area contributed by atoms with Crippen molar-refractivity contribution in [3.63, 3.8) is 0 Å². The number of phenols is 1. The highest BCUT2D eigenvalue weighted by molar-refractivity contribution is 6.25. The number of Topliss-reactive ketones (excluding diaryl/α,β-unsaturated/α-hetero) is 3. The number of phenolic OH excluding ortho intramolecular Hbond substituents is 1. The number of ketones is 3. The van der Waals surface area contributed by atoms with Gasteiger partial charge in [-0.2, -0.15) is 0 Å². The maximum atomic E-state index is 14.0. The molecule has 0 bridgehead atoms. The average molecular weight is 541 g/mol. The van der Waals surface area contributed by atoms with Gasteiger partial charge in [-0.05, 0) is 60.5 Å². The quantitative estimate of drug-likeness (QED) is 0.421. The van der Waals surface area contributed by atoms with Crippen LogP contribution in [0.3, 0.4) is 0 Å². The summed E-state index contributed by atoms with van der Waals surface area (Å²) in [6.07, 6.45) is 0.283. The number of rotatable bonds is 3. The maximum absolute atomic E-state index is 14.0. The first-order valence-corrected chi connectivity index (χ1v) is 13.1. The van der Waals surface area contributed by atoms with Crippen LogP contribution < -0.4 is 4.74 Å². The Balaban J connectivity index is 1.73. The summed E-state index contributed by atoms with van der Waals surface area (Å²) in [5.41, 5.74) is -1.47. The molecular formula is C29H36N2O8. The summed E-state index contributed by atoms with van der Waals surface area (Å²) >= 11 is 0. The van der Waals surface area contributed by atoms with Crippen LogP contribution in [0.4, 0.5) is 0 Å². The van der Waals surface area contributed by atoms with E-state index in [4.69, 9.17) is 4.74 Å². The van der Waals surface area contributed by atoms with Crippen molar-refractivity contribution in [1.82, 2.24) is 9.80 Å². The molecule has 10 heteroatoms. The number of methoxy groups -OCH3 is 1. The zero-order valence-electron chi connectivity index (χ0n) is 23.4. The number of aliphatic hydroxyl groups is 3. The molecule has 1 aliphatic heterocycles. The van der Waals surface area contributed by atoms with Gasteiger partial charge in [-0.1, -0.05) is 0 Å². The van der Waals surface area contributed by atoms with Crippen molar-refractivity contribution >= 4 is 23.1 Å². The van der Waals surface area contributed by atoms with Gasteiger partial charge in [0, 0.05) is 46.8 Å². The second kappa shape index (κ2) is 8.64. The first kappa shape index (κ1) is 27.4. The zero-order valence-corrected chi connectivity index (χ0v) is 23.4. The topological polar surface area (TPSA) is 148 Å². The van der Waals surface area contributed by atoms with E-state index in [0.29, 0.717) is 30.0 Å². The molecular weight excluding hydrogens is 504 g/mol. The molecule has 0 unspecified atom stereocenters. The van der Waals surface area contributed by atoms with E-state index in [1.165, 1.54) is 12.0 Å². The number of nitrogens with zero attached hydrogens (tertiary/aromatic N) is 2. The maximum Gasteiger partial charge on any atom is 0.202 e. The number of hydrogen-bond donors (Lipinski definition) is 4. The van der Waals surface area contributed by atoms with Gasteiger partial charge >= 0.3 is 0 Å². The molecule has 5 rings (SSSR count). The normalized spacial score (nSPS) is 28.9. The van der Waals surface area contributed by atoms with Gasteiger partial charge in [-0.3, -0.25) is 24.2 Å². The van der Waals surface area contributed by atoms with Crippen LogP contribution in [0.1, 0.15) is 56.4 Å². The molecule has 4 aliphatic rings. The third-order valence-corrected chi connectivity index (χ3v) is 9.01. The molecule has 0 saturated heterocycles. The van der Waals surface area contributed by atoms with E-state index in [-0.39, 0.29) is 35.3 Å². The number of likely N-dealkylation sites (N-methyl/N-ethyl adjacent to an activating group) is 1. The van der Waals surface area contributed by atoms with Gasteiger partial charge in [0.1, 0.15) is 28.6 Å². The minimum absolute atomic E-state index is 0.0695. The van der Waals surface area contributed by atoms with Crippen LogP contribution in [0.5, 0.6) is 11.5 Å². The van der Waals surface area contributed by atoms with Crippen LogP contribution in [-0.4, -0.2) is 86.0 Å². The molecule has 4 N–H and O–H groups in total. The van der Waals surface area contributed by atoms with Crippen molar-refractivity contribution < 1.29 is 39.5 Å². The lowest BCUT2D eigenvalue weighted by molar-refractivity contribution is -0.153. The highest BCUT2D eigenvalue weighted by atomic mass is 16.5. The van der Waals surface area contributed by atoms with E-state index >= 15 is 0 Å². The van der Waals surface area contributed by atoms with E-state index in [9.17, 15) is 34.8 Å². The van der Waals surface area contributed by atoms with Crippen molar-refractivity contribution in [1.29, 1.82) is 0 Å². The first-order valence-electron chi connectivity index (χ1n) is 13.1. The van der Waals surface area contributed by atoms with Gasteiger partial charge < -0.3 is 25.2 Å². The standard InChI is InChI=1S/C29H36N2O8/c1-12(32)18-24(35)21(30(5)6)17-9-13-8-14-20(23(34)19(13)27(37)29(17,38)26(18)36)22(33)15-10-31(28(2,3)4)11-16(15)25(14)39-7/h13,17,21,33-34,36,38H,8-11H2,1-7H3/t13-,17-,21-,29+/m0/s1. The van der Waals surface area contributed by atoms with Gasteiger partial charge in [-0.15, -0.1) is 0 Å². The van der Waals surface area contributed by atoms with E-state index in [1.54, 1.807) is 14.1 Å². The Morgan fingerprint density at radius 1 is 1.08 bits per heavy atom. The largest absolute Gasteiger partial charge is 0.508 e. The van der Waals surface area contributed by atoms with Crippen LogP contribution in [0, 0.1) is 11.8 Å². The average Bonchev–Trinajstić information content (AvgIpc) is 3.27. The minimum Gasteiger partial charge on any atom is -0.508 e. The third-order valence-electron chi connectivity index (χ3n) is 9.01. The van der Waals surface area contributed by atoms with Crippen molar-refractivity contribution in [2.45, 2.75) is 70.8 Å². The highest BCUT2D eigenvalue weighted by Crippen LogP contribution is 2.56. The van der Waals surface area contributed by atoms with Crippen LogP contribution in [0.15, 0.2) is 16.9 Å².